The van der Waals surface area contributed by atoms with Crippen LogP contribution in [0.15, 0.2) is 31.1 Å². The molecule has 3 N–H and O–H groups in total. The van der Waals surface area contributed by atoms with Gasteiger partial charge in [-0.1, -0.05) is 6.58 Å². The minimum Gasteiger partial charge on any atom is -0.493 e. The van der Waals surface area contributed by atoms with Crippen molar-refractivity contribution in [3.63, 3.8) is 0 Å². The van der Waals surface area contributed by atoms with E-state index in [1.807, 2.05) is 0 Å². The molecule has 0 aliphatic heterocycles. The number of carbonyl (C=O) groups excluding carboxylic acids is 1. The van der Waals surface area contributed by atoms with Gasteiger partial charge in [-0.3, -0.25) is 4.79 Å². The van der Waals surface area contributed by atoms with Crippen molar-refractivity contribution >= 4 is 22.6 Å². The number of carbonyl (C=O) groups is 1. The first-order chi connectivity index (χ1) is 11.1. The highest BCUT2D eigenvalue weighted by Gasteiger charge is 2.32. The van der Waals surface area contributed by atoms with Crippen LogP contribution in [-0.2, 0) is 4.79 Å². The number of fused-ring (bicyclic) bond motifs is 1. The van der Waals surface area contributed by atoms with Crippen LogP contribution in [0.25, 0.3) is 10.9 Å². The Hall–Kier alpha value is -2.83. The monoisotopic (exact) mass is 314 g/mol. The second kappa shape index (κ2) is 6.12. The molecule has 1 heterocycles. The number of amides is 1. The number of anilines is 1. The SMILES string of the molecule is C=CC(=O)NC1CC(Oc2cc3c(N)ncnc3cc2OC)C1. The lowest BCUT2D eigenvalue weighted by molar-refractivity contribution is -0.118. The standard InChI is InChI=1S/C16H18N4O3/c1-3-15(21)20-9-4-10(5-9)23-14-6-11-12(7-13(14)22-2)18-8-19-16(11)17/h3,6-10H,1,4-5H2,2H3,(H,20,21)(H2,17,18,19). The lowest BCUT2D eigenvalue weighted by Crippen LogP contribution is -2.48. The number of hydrogen-bond acceptors (Lipinski definition) is 6. The maximum atomic E-state index is 11.2. The molecule has 23 heavy (non-hydrogen) atoms. The topological polar surface area (TPSA) is 99.4 Å². The first kappa shape index (κ1) is 15.1. The van der Waals surface area contributed by atoms with Gasteiger partial charge >= 0.3 is 0 Å². The molecule has 7 nitrogen and oxygen atoms in total. The zero-order valence-corrected chi connectivity index (χ0v) is 12.8. The van der Waals surface area contributed by atoms with Crippen molar-refractivity contribution < 1.29 is 14.3 Å². The van der Waals surface area contributed by atoms with Crippen LogP contribution in [0.2, 0.25) is 0 Å². The number of nitrogens with one attached hydrogen (secondary N) is 1. The lowest BCUT2D eigenvalue weighted by Gasteiger charge is -2.35. The van der Waals surface area contributed by atoms with Crippen LogP contribution in [0.1, 0.15) is 12.8 Å². The second-order valence-corrected chi connectivity index (χ2v) is 5.40. The first-order valence-corrected chi connectivity index (χ1v) is 7.28. The Morgan fingerprint density at radius 2 is 2.17 bits per heavy atom. The Morgan fingerprint density at radius 3 is 2.87 bits per heavy atom. The molecule has 7 heteroatoms. The molecule has 0 bridgehead atoms. The predicted molar refractivity (Wildman–Crippen MR) is 86.3 cm³/mol. The molecule has 1 aromatic heterocycles. The third-order valence-corrected chi connectivity index (χ3v) is 3.87. The highest BCUT2D eigenvalue weighted by Crippen LogP contribution is 2.36. The fourth-order valence-corrected chi connectivity index (χ4v) is 2.56. The normalized spacial score (nSPS) is 19.7. The van der Waals surface area contributed by atoms with E-state index in [0.29, 0.717) is 22.8 Å². The number of ether oxygens (including phenoxy) is 2. The maximum absolute atomic E-state index is 11.2. The van der Waals surface area contributed by atoms with Crippen molar-refractivity contribution in [3.05, 3.63) is 31.1 Å². The number of rotatable bonds is 5. The van der Waals surface area contributed by atoms with Crippen LogP contribution in [0.4, 0.5) is 5.82 Å². The Bertz CT molecular complexity index is 756. The Balaban J connectivity index is 1.74. The Labute approximate surface area is 133 Å². The molecule has 0 saturated heterocycles. The van der Waals surface area contributed by atoms with Gasteiger partial charge in [0.1, 0.15) is 18.2 Å². The molecule has 0 unspecified atom stereocenters. The lowest BCUT2D eigenvalue weighted by atomic mass is 9.89. The van der Waals surface area contributed by atoms with Crippen LogP contribution >= 0.6 is 0 Å². The Morgan fingerprint density at radius 1 is 1.39 bits per heavy atom. The summed E-state index contributed by atoms with van der Waals surface area (Å²) in [6.45, 7) is 3.44. The number of methoxy groups -OCH3 is 1. The molecule has 0 radical (unpaired) electrons. The summed E-state index contributed by atoms with van der Waals surface area (Å²) in [5.41, 5.74) is 6.58. The molecule has 120 valence electrons. The molecule has 1 saturated carbocycles. The smallest absolute Gasteiger partial charge is 0.243 e. The average molecular weight is 314 g/mol. The summed E-state index contributed by atoms with van der Waals surface area (Å²) in [6.07, 6.45) is 4.17. The minimum atomic E-state index is -0.165. The van der Waals surface area contributed by atoms with Gasteiger partial charge in [-0.2, -0.15) is 0 Å². The molecular formula is C16H18N4O3. The van der Waals surface area contributed by atoms with E-state index in [4.69, 9.17) is 15.2 Å². The Kier molecular flexibility index (Phi) is 4.01. The van der Waals surface area contributed by atoms with Gasteiger partial charge in [0.05, 0.1) is 12.6 Å². The average Bonchev–Trinajstić information content (AvgIpc) is 2.52. The van der Waals surface area contributed by atoms with E-state index in [1.165, 1.54) is 12.4 Å². The van der Waals surface area contributed by atoms with E-state index >= 15 is 0 Å². The molecule has 1 fully saturated rings. The van der Waals surface area contributed by atoms with Gasteiger partial charge in [0, 0.05) is 30.3 Å². The van der Waals surface area contributed by atoms with Crippen molar-refractivity contribution in [1.82, 2.24) is 15.3 Å². The number of benzene rings is 1. The summed E-state index contributed by atoms with van der Waals surface area (Å²) in [5.74, 6) is 1.42. The van der Waals surface area contributed by atoms with Gasteiger partial charge in [0.2, 0.25) is 5.91 Å². The summed E-state index contributed by atoms with van der Waals surface area (Å²) in [4.78, 5) is 19.4. The molecule has 2 aromatic rings. The molecule has 3 rings (SSSR count). The van der Waals surface area contributed by atoms with Crippen molar-refractivity contribution in [2.75, 3.05) is 12.8 Å². The van der Waals surface area contributed by atoms with Gasteiger partial charge in [0.25, 0.3) is 0 Å². The summed E-state index contributed by atoms with van der Waals surface area (Å²) < 4.78 is 11.3. The minimum absolute atomic E-state index is 0.0160. The van der Waals surface area contributed by atoms with E-state index in [-0.39, 0.29) is 18.1 Å². The van der Waals surface area contributed by atoms with E-state index in [1.54, 1.807) is 19.2 Å². The first-order valence-electron chi connectivity index (χ1n) is 7.28. The van der Waals surface area contributed by atoms with Gasteiger partial charge in [-0.15, -0.1) is 0 Å². The molecule has 0 atom stereocenters. The molecule has 0 spiro atoms. The van der Waals surface area contributed by atoms with Crippen molar-refractivity contribution in [2.24, 2.45) is 0 Å². The van der Waals surface area contributed by atoms with E-state index in [0.717, 1.165) is 18.2 Å². The number of hydrogen-bond donors (Lipinski definition) is 2. The zero-order chi connectivity index (χ0) is 16.4. The maximum Gasteiger partial charge on any atom is 0.243 e. The van der Waals surface area contributed by atoms with Gasteiger partial charge in [0.15, 0.2) is 11.5 Å². The van der Waals surface area contributed by atoms with Crippen LogP contribution in [0.5, 0.6) is 11.5 Å². The largest absolute Gasteiger partial charge is 0.493 e. The molecule has 1 aliphatic rings. The van der Waals surface area contributed by atoms with Crippen LogP contribution < -0.4 is 20.5 Å². The highest BCUT2D eigenvalue weighted by atomic mass is 16.5. The van der Waals surface area contributed by atoms with Crippen molar-refractivity contribution in [1.29, 1.82) is 0 Å². The summed E-state index contributed by atoms with van der Waals surface area (Å²) in [7, 11) is 1.58. The second-order valence-electron chi connectivity index (χ2n) is 5.40. The van der Waals surface area contributed by atoms with E-state index < -0.39 is 0 Å². The molecule has 1 amide bonds. The number of nitrogens with two attached hydrogens (primary N) is 1. The van der Waals surface area contributed by atoms with Crippen molar-refractivity contribution in [3.8, 4) is 11.5 Å². The van der Waals surface area contributed by atoms with Crippen molar-refractivity contribution in [2.45, 2.75) is 25.0 Å². The fraction of sp³-hybridized carbons (Fsp3) is 0.312. The molecule has 1 aliphatic carbocycles. The summed E-state index contributed by atoms with van der Waals surface area (Å²) in [5, 5.41) is 3.56. The van der Waals surface area contributed by atoms with Gasteiger partial charge < -0.3 is 20.5 Å². The third-order valence-electron chi connectivity index (χ3n) is 3.87. The summed E-state index contributed by atoms with van der Waals surface area (Å²) >= 11 is 0. The van der Waals surface area contributed by atoms with E-state index in [2.05, 4.69) is 21.9 Å². The molecular weight excluding hydrogens is 296 g/mol. The van der Waals surface area contributed by atoms with Gasteiger partial charge in [-0.05, 0) is 12.1 Å². The zero-order valence-electron chi connectivity index (χ0n) is 12.8. The van der Waals surface area contributed by atoms with E-state index in [9.17, 15) is 4.79 Å². The number of nitrogens with zero attached hydrogens (tertiary/aromatic N) is 2. The number of aromatic nitrogens is 2. The van der Waals surface area contributed by atoms with Crippen LogP contribution in [-0.4, -0.2) is 35.1 Å². The van der Waals surface area contributed by atoms with Gasteiger partial charge in [-0.25, -0.2) is 9.97 Å². The van der Waals surface area contributed by atoms with Crippen LogP contribution in [0, 0.1) is 0 Å². The quantitative estimate of drug-likeness (QED) is 0.810. The predicted octanol–water partition coefficient (Wildman–Crippen LogP) is 1.43. The number of nitrogen functional groups attached to an aromatic ring is 1. The highest BCUT2D eigenvalue weighted by molar-refractivity contribution is 5.90. The fourth-order valence-electron chi connectivity index (χ4n) is 2.56. The summed E-state index contributed by atoms with van der Waals surface area (Å²) in [6, 6.07) is 3.68. The van der Waals surface area contributed by atoms with Crippen LogP contribution in [0.3, 0.4) is 0 Å². The molecule has 1 aromatic carbocycles. The third kappa shape index (κ3) is 3.03.